The Morgan fingerprint density at radius 1 is 1.03 bits per heavy atom. The summed E-state index contributed by atoms with van der Waals surface area (Å²) in [7, 11) is 0. The van der Waals surface area contributed by atoms with Crippen molar-refractivity contribution in [3.05, 3.63) is 69.6 Å². The smallest absolute Gasteiger partial charge is 0.194 e. The molecule has 6 atom stereocenters. The lowest BCUT2D eigenvalue weighted by Gasteiger charge is -2.42. The summed E-state index contributed by atoms with van der Waals surface area (Å²) >= 11 is 12.3. The first-order valence-electron chi connectivity index (χ1n) is 11.5. The molecule has 3 heterocycles. The highest BCUT2D eigenvalue weighted by Gasteiger charge is 2.47. The van der Waals surface area contributed by atoms with Crippen LogP contribution in [0.1, 0.15) is 24.4 Å². The van der Waals surface area contributed by atoms with Crippen molar-refractivity contribution in [3.8, 4) is 11.3 Å². The molecular formula is C24H21Cl2F3N4O5. The van der Waals surface area contributed by atoms with Gasteiger partial charge >= 0.3 is 0 Å². The summed E-state index contributed by atoms with van der Waals surface area (Å²) in [5, 5.41) is 44.5. The first kappa shape index (κ1) is 26.9. The van der Waals surface area contributed by atoms with Gasteiger partial charge in [0.05, 0.1) is 24.6 Å². The van der Waals surface area contributed by atoms with E-state index in [0.29, 0.717) is 27.7 Å². The van der Waals surface area contributed by atoms with Crippen LogP contribution in [0.2, 0.25) is 10.0 Å². The van der Waals surface area contributed by atoms with E-state index < -0.39 is 60.6 Å². The van der Waals surface area contributed by atoms with Crippen molar-refractivity contribution in [3.63, 3.8) is 0 Å². The molecule has 2 aromatic carbocycles. The fourth-order valence-corrected chi connectivity index (χ4v) is 5.03. The van der Waals surface area contributed by atoms with Crippen molar-refractivity contribution >= 4 is 28.9 Å². The molecule has 0 saturated carbocycles. The Balaban J connectivity index is 1.34. The fourth-order valence-electron chi connectivity index (χ4n) is 4.64. The van der Waals surface area contributed by atoms with Gasteiger partial charge < -0.3 is 24.9 Å². The number of aliphatic hydroxyl groups is 3. The van der Waals surface area contributed by atoms with E-state index in [1.165, 1.54) is 6.20 Å². The summed E-state index contributed by atoms with van der Waals surface area (Å²) in [6.45, 7) is -0.567. The number of benzene rings is 2. The Bertz CT molecular complexity index is 1350. The molecule has 3 aromatic rings. The van der Waals surface area contributed by atoms with E-state index in [-0.39, 0.29) is 17.7 Å². The second kappa shape index (κ2) is 10.8. The lowest BCUT2D eigenvalue weighted by molar-refractivity contribution is -0.212. The summed E-state index contributed by atoms with van der Waals surface area (Å²) < 4.78 is 47.6. The second-order valence-electron chi connectivity index (χ2n) is 9.03. The molecule has 38 heavy (non-hydrogen) atoms. The third kappa shape index (κ3) is 5.12. The van der Waals surface area contributed by atoms with Gasteiger partial charge in [-0.3, -0.25) is 0 Å². The van der Waals surface area contributed by atoms with Gasteiger partial charge in [0.1, 0.15) is 36.2 Å². The monoisotopic (exact) mass is 572 g/mol. The Labute approximate surface area is 224 Å². The van der Waals surface area contributed by atoms with Crippen LogP contribution in [0.5, 0.6) is 0 Å². The molecule has 0 radical (unpaired) electrons. The fraction of sp³-hybridized carbons (Fsp3) is 0.375. The highest BCUT2D eigenvalue weighted by molar-refractivity contribution is 6.36. The Morgan fingerprint density at radius 2 is 1.74 bits per heavy atom. The maximum absolute atomic E-state index is 13.7. The van der Waals surface area contributed by atoms with E-state index in [1.54, 1.807) is 18.2 Å². The van der Waals surface area contributed by atoms with E-state index in [0.717, 1.165) is 16.8 Å². The van der Waals surface area contributed by atoms with Gasteiger partial charge in [-0.25, -0.2) is 17.9 Å². The minimum absolute atomic E-state index is 0.0265. The van der Waals surface area contributed by atoms with Crippen LogP contribution in [0.15, 0.2) is 41.7 Å². The molecule has 2 aliphatic rings. The minimum atomic E-state index is -1.62. The van der Waals surface area contributed by atoms with E-state index in [1.807, 2.05) is 0 Å². The van der Waals surface area contributed by atoms with Crippen LogP contribution in [0.4, 0.5) is 13.2 Å². The standard InChI is InChI=1S/C24H21Cl2F3N4O5/c25-11-1-2-14(26)13(5-11)17-6-12(38-31-17)7-19-23(35)22(24(36)20(9-34)37-19)33-8-18(30-32-33)10-3-15(27)21(29)16(28)4-10/h1-5,8,12,19-20,22-24,34-36H,6-7,9H2/t12?,19-,20-,22-,23+,24+/m1/s1. The molecule has 5 rings (SSSR count). The van der Waals surface area contributed by atoms with Crippen LogP contribution in [-0.2, 0) is 9.57 Å². The summed E-state index contributed by atoms with van der Waals surface area (Å²) in [6.07, 6.45) is -3.61. The van der Waals surface area contributed by atoms with Gasteiger partial charge in [-0.05, 0) is 30.3 Å². The molecule has 9 nitrogen and oxygen atoms in total. The quantitative estimate of drug-likeness (QED) is 0.387. The summed E-state index contributed by atoms with van der Waals surface area (Å²) in [5.41, 5.74) is 1.05. The number of hydrogen-bond donors (Lipinski definition) is 3. The zero-order chi connectivity index (χ0) is 27.1. The lowest BCUT2D eigenvalue weighted by atomic mass is 9.89. The van der Waals surface area contributed by atoms with Gasteiger partial charge in [-0.15, -0.1) is 5.10 Å². The summed E-state index contributed by atoms with van der Waals surface area (Å²) in [4.78, 5) is 5.53. The van der Waals surface area contributed by atoms with Crippen molar-refractivity contribution in [2.75, 3.05) is 6.61 Å². The highest BCUT2D eigenvalue weighted by Crippen LogP contribution is 2.35. The number of aliphatic hydroxyl groups excluding tert-OH is 3. The van der Waals surface area contributed by atoms with Gasteiger partial charge in [0.2, 0.25) is 0 Å². The van der Waals surface area contributed by atoms with Gasteiger partial charge in [0, 0.05) is 34.0 Å². The second-order valence-corrected chi connectivity index (χ2v) is 9.88. The molecule has 0 spiro atoms. The zero-order valence-electron chi connectivity index (χ0n) is 19.4. The van der Waals surface area contributed by atoms with Crippen molar-refractivity contribution in [1.82, 2.24) is 15.0 Å². The van der Waals surface area contributed by atoms with E-state index in [4.69, 9.17) is 32.8 Å². The molecular weight excluding hydrogens is 552 g/mol. The number of rotatable bonds is 6. The average molecular weight is 573 g/mol. The molecule has 3 N–H and O–H groups in total. The number of nitrogens with zero attached hydrogens (tertiary/aromatic N) is 4. The number of ether oxygens (including phenoxy) is 1. The predicted molar refractivity (Wildman–Crippen MR) is 129 cm³/mol. The Kier molecular flexibility index (Phi) is 7.63. The Morgan fingerprint density at radius 3 is 2.45 bits per heavy atom. The highest BCUT2D eigenvalue weighted by atomic mass is 35.5. The first-order valence-corrected chi connectivity index (χ1v) is 12.3. The van der Waals surface area contributed by atoms with Crippen LogP contribution < -0.4 is 0 Å². The van der Waals surface area contributed by atoms with E-state index in [2.05, 4.69) is 15.5 Å². The minimum Gasteiger partial charge on any atom is -0.394 e. The van der Waals surface area contributed by atoms with Crippen LogP contribution in [0.3, 0.4) is 0 Å². The molecule has 0 bridgehead atoms. The van der Waals surface area contributed by atoms with Crippen LogP contribution in [-0.4, -0.2) is 73.2 Å². The average Bonchev–Trinajstić information content (AvgIpc) is 3.56. The first-order chi connectivity index (χ1) is 18.2. The van der Waals surface area contributed by atoms with Gasteiger partial charge in [-0.2, -0.15) is 0 Å². The molecule has 14 heteroatoms. The number of oxime groups is 1. The van der Waals surface area contributed by atoms with E-state index >= 15 is 0 Å². The molecule has 0 aliphatic carbocycles. The molecule has 1 aromatic heterocycles. The van der Waals surface area contributed by atoms with E-state index in [9.17, 15) is 28.5 Å². The number of aromatic nitrogens is 3. The molecule has 2 aliphatic heterocycles. The normalized spacial score (nSPS) is 27.3. The predicted octanol–water partition coefficient (Wildman–Crippen LogP) is 3.28. The van der Waals surface area contributed by atoms with Crippen molar-refractivity contribution < 1.29 is 38.1 Å². The molecule has 1 saturated heterocycles. The van der Waals surface area contributed by atoms with Gasteiger partial charge in [-0.1, -0.05) is 33.6 Å². The largest absolute Gasteiger partial charge is 0.394 e. The maximum atomic E-state index is 13.7. The summed E-state index contributed by atoms with van der Waals surface area (Å²) in [6, 6.07) is 5.31. The Hall–Kier alpha value is -2.74. The molecule has 1 unspecified atom stereocenters. The van der Waals surface area contributed by atoms with Gasteiger partial charge in [0.15, 0.2) is 17.5 Å². The third-order valence-corrected chi connectivity index (χ3v) is 7.12. The van der Waals surface area contributed by atoms with Crippen LogP contribution in [0, 0.1) is 17.5 Å². The van der Waals surface area contributed by atoms with Crippen molar-refractivity contribution in [1.29, 1.82) is 0 Å². The van der Waals surface area contributed by atoms with Crippen LogP contribution >= 0.6 is 23.2 Å². The summed E-state index contributed by atoms with van der Waals surface area (Å²) in [5.74, 6) is -4.43. The zero-order valence-corrected chi connectivity index (χ0v) is 20.9. The van der Waals surface area contributed by atoms with Crippen LogP contribution in [0.25, 0.3) is 11.3 Å². The number of halogens is 5. The lowest BCUT2D eigenvalue weighted by Crippen LogP contribution is -2.56. The van der Waals surface area contributed by atoms with Gasteiger partial charge in [0.25, 0.3) is 0 Å². The molecule has 0 amide bonds. The SMILES string of the molecule is OC[C@H]1O[C@H](CC2CC(c3cc(Cl)ccc3Cl)=NO2)[C@H](O)[C@@H](n2cc(-c3cc(F)c(F)c(F)c3)nn2)[C@H]1O. The third-order valence-electron chi connectivity index (χ3n) is 6.55. The van der Waals surface area contributed by atoms with Crippen molar-refractivity contribution in [2.45, 2.75) is 49.4 Å². The maximum Gasteiger partial charge on any atom is 0.194 e. The molecule has 1 fully saturated rings. The van der Waals surface area contributed by atoms with Crippen molar-refractivity contribution in [2.24, 2.45) is 5.16 Å². The number of hydrogen-bond acceptors (Lipinski definition) is 8. The topological polar surface area (TPSA) is 122 Å². The molecule has 202 valence electrons.